The minimum absolute atomic E-state index is 0.0240. The van der Waals surface area contributed by atoms with E-state index in [0.29, 0.717) is 37.8 Å². The molecular formula is C47H72N4O5. The number of ketones is 1. The van der Waals surface area contributed by atoms with Crippen molar-refractivity contribution in [3.8, 4) is 0 Å². The molecular weight excluding hydrogens is 701 g/mol. The molecule has 310 valence electrons. The largest absolute Gasteiger partial charge is 0.393 e. The van der Waals surface area contributed by atoms with Crippen molar-refractivity contribution in [2.24, 2.45) is 50.2 Å². The van der Waals surface area contributed by atoms with E-state index in [2.05, 4.69) is 87.3 Å². The van der Waals surface area contributed by atoms with Crippen LogP contribution in [0.25, 0.3) is 0 Å². The van der Waals surface area contributed by atoms with Gasteiger partial charge in [-0.2, -0.15) is 0 Å². The minimum atomic E-state index is -0.462. The molecule has 9 atom stereocenters. The summed E-state index contributed by atoms with van der Waals surface area (Å²) >= 11 is 0. The van der Waals surface area contributed by atoms with E-state index in [1.165, 1.54) is 5.57 Å². The zero-order chi connectivity index (χ0) is 40.3. The molecule has 0 radical (unpaired) electrons. The number of hydroxylamine groups is 1. The third kappa shape index (κ3) is 6.87. The van der Waals surface area contributed by atoms with Gasteiger partial charge in [-0.1, -0.05) is 66.9 Å². The average molecular weight is 773 g/mol. The van der Waals surface area contributed by atoms with Gasteiger partial charge in [0.1, 0.15) is 0 Å². The van der Waals surface area contributed by atoms with E-state index in [1.54, 1.807) is 0 Å². The Bertz CT molecular complexity index is 1680. The van der Waals surface area contributed by atoms with Gasteiger partial charge in [-0.05, 0) is 140 Å². The van der Waals surface area contributed by atoms with Crippen LogP contribution in [-0.2, 0) is 14.4 Å². The maximum Gasteiger partial charge on any atom is 0.228 e. The summed E-state index contributed by atoms with van der Waals surface area (Å²) < 4.78 is 0. The molecule has 4 saturated carbocycles. The lowest BCUT2D eigenvalue weighted by atomic mass is 9.33. The van der Waals surface area contributed by atoms with E-state index in [1.807, 2.05) is 12.1 Å². The Kier molecular flexibility index (Phi) is 11.2. The van der Waals surface area contributed by atoms with Gasteiger partial charge in [0.25, 0.3) is 0 Å². The molecule has 0 unspecified atom stereocenters. The fraction of sp³-hybridized carbons (Fsp3) is 0.766. The minimum Gasteiger partial charge on any atom is -0.393 e. The molecule has 4 N–H and O–H groups in total. The van der Waals surface area contributed by atoms with Gasteiger partial charge in [-0.15, -0.1) is 0 Å². The number of amides is 2. The highest BCUT2D eigenvalue weighted by Crippen LogP contribution is 2.75. The first-order valence-electron chi connectivity index (χ1n) is 22.2. The van der Waals surface area contributed by atoms with Crippen molar-refractivity contribution in [3.05, 3.63) is 35.9 Å². The summed E-state index contributed by atoms with van der Waals surface area (Å²) in [5.74, 6) is 1.11. The summed E-state index contributed by atoms with van der Waals surface area (Å²) in [6, 6.07) is 8.06. The number of carbonyl (C=O) groups is 3. The SMILES string of the molecule is CC1(C)[C@@H](O)CC[C@]2(C)[C@H]3C(=O)C=C4[C@@H]5C[C@@](C)(C(=O)N6CCN(c7ccc(NC(=O)CCCCCCNO)cc7)CC6)CC[C@]5(C)CC[C@@]4(C)[C@]3(C)CC[C@@H]12. The summed E-state index contributed by atoms with van der Waals surface area (Å²) in [5.41, 5.74) is 4.49. The van der Waals surface area contributed by atoms with Gasteiger partial charge in [0.15, 0.2) is 5.78 Å². The fourth-order valence-corrected chi connectivity index (χ4v) is 13.7. The average Bonchev–Trinajstić information content (AvgIpc) is 3.16. The van der Waals surface area contributed by atoms with Crippen molar-refractivity contribution in [2.45, 2.75) is 144 Å². The molecule has 1 saturated heterocycles. The van der Waals surface area contributed by atoms with Crippen LogP contribution in [0.1, 0.15) is 138 Å². The summed E-state index contributed by atoms with van der Waals surface area (Å²) in [4.78, 5) is 46.3. The second-order valence-electron chi connectivity index (χ2n) is 21.1. The number of piperazine rings is 1. The maximum atomic E-state index is 14.7. The van der Waals surface area contributed by atoms with Crippen LogP contribution in [0, 0.1) is 50.2 Å². The molecule has 0 spiro atoms. The molecule has 6 aliphatic rings. The zero-order valence-electron chi connectivity index (χ0n) is 35.6. The molecule has 1 aromatic carbocycles. The number of allylic oxidation sites excluding steroid dienone is 2. The number of nitrogens with zero attached hydrogens (tertiary/aromatic N) is 2. The van der Waals surface area contributed by atoms with Crippen molar-refractivity contribution in [2.75, 3.05) is 42.9 Å². The molecule has 9 nitrogen and oxygen atoms in total. The predicted molar refractivity (Wildman–Crippen MR) is 222 cm³/mol. The number of nitrogens with one attached hydrogen (secondary N) is 2. The molecule has 0 bridgehead atoms. The number of rotatable bonds is 10. The Morgan fingerprint density at radius 2 is 1.50 bits per heavy atom. The topological polar surface area (TPSA) is 122 Å². The van der Waals surface area contributed by atoms with Crippen LogP contribution >= 0.6 is 0 Å². The van der Waals surface area contributed by atoms with E-state index in [4.69, 9.17) is 5.21 Å². The highest BCUT2D eigenvalue weighted by Gasteiger charge is 2.70. The van der Waals surface area contributed by atoms with E-state index in [-0.39, 0.29) is 56.8 Å². The van der Waals surface area contributed by atoms with Gasteiger partial charge < -0.3 is 25.4 Å². The molecule has 1 aromatic rings. The van der Waals surface area contributed by atoms with Crippen molar-refractivity contribution in [1.82, 2.24) is 10.4 Å². The number of unbranched alkanes of at least 4 members (excludes halogenated alkanes) is 3. The smallest absolute Gasteiger partial charge is 0.228 e. The summed E-state index contributed by atoms with van der Waals surface area (Å²) in [5, 5.41) is 22.8. The highest BCUT2D eigenvalue weighted by atomic mass is 16.5. The van der Waals surface area contributed by atoms with Gasteiger partial charge in [0.05, 0.1) is 6.10 Å². The molecule has 1 heterocycles. The van der Waals surface area contributed by atoms with Gasteiger partial charge >= 0.3 is 0 Å². The van der Waals surface area contributed by atoms with Crippen LogP contribution in [0.4, 0.5) is 11.4 Å². The first-order chi connectivity index (χ1) is 26.4. The quantitative estimate of drug-likeness (QED) is 0.139. The van der Waals surface area contributed by atoms with Crippen molar-refractivity contribution >= 4 is 29.0 Å². The number of aliphatic hydroxyl groups excluding tert-OH is 1. The van der Waals surface area contributed by atoms with Crippen molar-refractivity contribution in [1.29, 1.82) is 0 Å². The maximum absolute atomic E-state index is 14.7. The summed E-state index contributed by atoms with van der Waals surface area (Å²) in [6.07, 6.45) is 14.7. The lowest BCUT2D eigenvalue weighted by Crippen LogP contribution is -2.66. The van der Waals surface area contributed by atoms with Crippen LogP contribution in [0.5, 0.6) is 0 Å². The standard InChI is InChI=1S/C47H72N4O5/c1-42(2)37-17-20-47(7)40(45(37,5)19-18-38(42)53)36(52)30-34-35-31-44(4,22-21-43(35,3)23-24-46(34,47)6)41(55)51-28-26-50(27-29-51)33-15-13-32(14-16-33)49-39(54)12-10-8-9-11-25-48-56/h13-16,30,35,37-38,40,48,53,56H,8-12,17-29,31H2,1-7H3,(H,49,54)/t35-,37-,38-,40+,43+,44-,45-,46+,47+/m0/s1. The van der Waals surface area contributed by atoms with Gasteiger partial charge in [-0.25, -0.2) is 5.48 Å². The van der Waals surface area contributed by atoms with Crippen LogP contribution in [0.2, 0.25) is 0 Å². The molecule has 9 heteroatoms. The van der Waals surface area contributed by atoms with E-state index in [0.717, 1.165) is 108 Å². The van der Waals surface area contributed by atoms with Crippen LogP contribution in [0.3, 0.4) is 0 Å². The Balaban J connectivity index is 1.00. The number of aliphatic hydroxyl groups is 1. The molecule has 5 fully saturated rings. The molecule has 1 aliphatic heterocycles. The summed E-state index contributed by atoms with van der Waals surface area (Å²) in [7, 11) is 0. The monoisotopic (exact) mass is 773 g/mol. The molecule has 56 heavy (non-hydrogen) atoms. The van der Waals surface area contributed by atoms with Crippen LogP contribution < -0.4 is 15.7 Å². The summed E-state index contributed by atoms with van der Waals surface area (Å²) in [6.45, 7) is 19.9. The number of anilines is 2. The van der Waals surface area contributed by atoms with Crippen LogP contribution in [-0.4, -0.2) is 71.6 Å². The Labute approximate surface area is 336 Å². The normalized spacial score (nSPS) is 39.1. The van der Waals surface area contributed by atoms with E-state index < -0.39 is 5.41 Å². The lowest BCUT2D eigenvalue weighted by molar-refractivity contribution is -0.202. The van der Waals surface area contributed by atoms with Crippen molar-refractivity contribution < 1.29 is 24.7 Å². The Hall–Kier alpha value is -2.75. The first-order valence-corrected chi connectivity index (χ1v) is 22.2. The Morgan fingerprint density at radius 1 is 0.821 bits per heavy atom. The van der Waals surface area contributed by atoms with Crippen molar-refractivity contribution in [3.63, 3.8) is 0 Å². The van der Waals surface area contributed by atoms with Gasteiger partial charge in [0, 0.05) is 61.9 Å². The lowest BCUT2D eigenvalue weighted by Gasteiger charge is -2.70. The third-order valence-electron chi connectivity index (χ3n) is 17.6. The third-order valence-corrected chi connectivity index (χ3v) is 17.6. The Morgan fingerprint density at radius 3 is 2.20 bits per heavy atom. The number of fused-ring (bicyclic) bond motifs is 7. The number of benzene rings is 1. The number of hydrogen-bond acceptors (Lipinski definition) is 7. The number of hydrogen-bond donors (Lipinski definition) is 4. The van der Waals surface area contributed by atoms with Crippen LogP contribution in [0.15, 0.2) is 35.9 Å². The van der Waals surface area contributed by atoms with Gasteiger partial charge in [0.2, 0.25) is 11.8 Å². The highest BCUT2D eigenvalue weighted by molar-refractivity contribution is 5.96. The molecule has 0 aromatic heterocycles. The molecule has 5 aliphatic carbocycles. The number of carbonyl (C=O) groups excluding carboxylic acids is 3. The first kappa shape index (κ1) is 41.4. The van der Waals surface area contributed by atoms with E-state index in [9.17, 15) is 19.5 Å². The second kappa shape index (κ2) is 15.1. The van der Waals surface area contributed by atoms with E-state index >= 15 is 0 Å². The fourth-order valence-electron chi connectivity index (χ4n) is 13.7. The second-order valence-corrected chi connectivity index (χ2v) is 21.1. The zero-order valence-corrected chi connectivity index (χ0v) is 35.6. The molecule has 2 amide bonds. The van der Waals surface area contributed by atoms with Gasteiger partial charge in [-0.3, -0.25) is 14.4 Å². The predicted octanol–water partition coefficient (Wildman–Crippen LogP) is 8.54. The molecule has 7 rings (SSSR count).